The fraction of sp³-hybridized carbons (Fsp3) is 0.231. The van der Waals surface area contributed by atoms with E-state index in [1.165, 1.54) is 7.11 Å². The van der Waals surface area contributed by atoms with Crippen molar-refractivity contribution in [3.8, 4) is 5.75 Å². The molecule has 1 aliphatic rings. The van der Waals surface area contributed by atoms with Gasteiger partial charge in [-0.3, -0.25) is 0 Å². The van der Waals surface area contributed by atoms with E-state index < -0.39 is 5.97 Å². The summed E-state index contributed by atoms with van der Waals surface area (Å²) in [5.41, 5.74) is 4.84. The Morgan fingerprint density at radius 3 is 2.33 bits per heavy atom. The maximum Gasteiger partial charge on any atom is 1.00 e. The van der Waals surface area contributed by atoms with E-state index in [0.29, 0.717) is 19.6 Å². The number of nitrogens with zero attached hydrogens (tertiary/aromatic N) is 1. The van der Waals surface area contributed by atoms with Crippen molar-refractivity contribution in [3.63, 3.8) is 0 Å². The van der Waals surface area contributed by atoms with Crippen molar-refractivity contribution in [2.75, 3.05) is 19.0 Å². The molecule has 1 saturated carbocycles. The molecule has 3 aromatic carbocycles. The molecule has 0 aromatic heterocycles. The number of carbonyl (C=O) groups excluding carboxylic acids is 1. The summed E-state index contributed by atoms with van der Waals surface area (Å²) in [7, 11) is 1.52. The van der Waals surface area contributed by atoms with Gasteiger partial charge in [0.25, 0.3) is 0 Å². The number of benzene rings is 3. The van der Waals surface area contributed by atoms with E-state index in [1.807, 2.05) is 78.9 Å². The third kappa shape index (κ3) is 6.84. The molecule has 3 aromatic rings. The third-order valence-corrected chi connectivity index (χ3v) is 5.54. The van der Waals surface area contributed by atoms with Crippen LogP contribution in [0.1, 0.15) is 29.0 Å². The van der Waals surface area contributed by atoms with Gasteiger partial charge in [0.2, 0.25) is 0 Å². The van der Waals surface area contributed by atoms with Crippen LogP contribution in [-0.2, 0) is 16.2 Å². The topological polar surface area (TPSA) is 83.0 Å². The van der Waals surface area contributed by atoms with Gasteiger partial charge in [-0.25, -0.2) is 0 Å². The summed E-state index contributed by atoms with van der Waals surface area (Å²) in [6.45, 7) is 0.979. The summed E-state index contributed by atoms with van der Waals surface area (Å²) >= 11 is 0. The molecule has 7 heteroatoms. The van der Waals surface area contributed by atoms with Crippen LogP contribution in [0.2, 0.25) is 0 Å². The van der Waals surface area contributed by atoms with Crippen LogP contribution in [0.25, 0.3) is 0 Å². The van der Waals surface area contributed by atoms with Gasteiger partial charge in [0.15, 0.2) is 0 Å². The van der Waals surface area contributed by atoms with Gasteiger partial charge < -0.3 is 24.8 Å². The minimum absolute atomic E-state index is 0. The Balaban J connectivity index is 0.00000306. The summed E-state index contributed by atoms with van der Waals surface area (Å²) < 4.78 is 5.88. The fourth-order valence-electron chi connectivity index (χ4n) is 3.63. The molecule has 6 nitrogen and oxygen atoms in total. The molecule has 0 amide bonds. The summed E-state index contributed by atoms with van der Waals surface area (Å²) in [6.07, 6.45) is 0.674. The molecule has 4 rings (SSSR count). The van der Waals surface area contributed by atoms with E-state index in [1.54, 1.807) is 0 Å². The number of hydrogen-bond acceptors (Lipinski definition) is 6. The number of oxime groups is 1. The number of carboxylic acids is 1. The Morgan fingerprint density at radius 1 is 1.03 bits per heavy atom. The van der Waals surface area contributed by atoms with Crippen LogP contribution < -0.4 is 44.7 Å². The predicted molar refractivity (Wildman–Crippen MR) is 122 cm³/mol. The minimum atomic E-state index is -0.952. The monoisotopic (exact) mass is 452 g/mol. The van der Waals surface area contributed by atoms with E-state index in [0.717, 1.165) is 33.8 Å². The van der Waals surface area contributed by atoms with Gasteiger partial charge in [-0.1, -0.05) is 59.8 Å². The molecule has 164 valence electrons. The first-order valence-electron chi connectivity index (χ1n) is 10.6. The quantitative estimate of drug-likeness (QED) is 0.277. The van der Waals surface area contributed by atoms with Crippen LogP contribution in [0.3, 0.4) is 0 Å². The van der Waals surface area contributed by atoms with Crippen LogP contribution in [0, 0.1) is 5.92 Å². The molecule has 0 heterocycles. The fourth-order valence-corrected chi connectivity index (χ4v) is 3.63. The van der Waals surface area contributed by atoms with Crippen molar-refractivity contribution in [2.24, 2.45) is 11.1 Å². The van der Waals surface area contributed by atoms with Gasteiger partial charge in [0.05, 0.1) is 0 Å². The molecular weight excluding hydrogens is 427 g/mol. The van der Waals surface area contributed by atoms with Gasteiger partial charge in [0, 0.05) is 29.7 Å². The standard InChI is InChI=1S/C26H26N2O4.Na/c1-31-28-25(20-5-3-2-4-6-20)17-32-22-13-7-18(8-14-22)16-27-21-11-9-19(10-12-21)23-15-24(23)26(29)30;/h2-14,23-24,27H,15-17H2,1H3,(H,29,30);/q;+1/p-1/b28-25+;. The number of carboxylic acid groups (broad SMARTS) is 1. The summed E-state index contributed by atoms with van der Waals surface area (Å²) in [6, 6.07) is 25.6. The van der Waals surface area contributed by atoms with Gasteiger partial charge in [-0.05, 0) is 47.7 Å². The van der Waals surface area contributed by atoms with E-state index in [2.05, 4.69) is 10.5 Å². The van der Waals surface area contributed by atoms with E-state index in [-0.39, 0.29) is 41.4 Å². The normalized spacial score (nSPS) is 16.9. The molecule has 0 aliphatic heterocycles. The molecule has 0 saturated heterocycles. The molecular formula is C26H25N2NaO4. The van der Waals surface area contributed by atoms with Crippen molar-refractivity contribution in [2.45, 2.75) is 18.9 Å². The minimum Gasteiger partial charge on any atom is -0.550 e. The van der Waals surface area contributed by atoms with Crippen LogP contribution in [-0.4, -0.2) is 25.4 Å². The predicted octanol–water partition coefficient (Wildman–Crippen LogP) is 0.586. The number of anilines is 1. The molecule has 2 unspecified atom stereocenters. The van der Waals surface area contributed by atoms with Crippen molar-refractivity contribution < 1.29 is 49.0 Å². The average Bonchev–Trinajstić information content (AvgIpc) is 3.63. The van der Waals surface area contributed by atoms with Gasteiger partial charge in [-0.2, -0.15) is 0 Å². The third-order valence-electron chi connectivity index (χ3n) is 5.54. The SMILES string of the molecule is CO/N=C(\COc1ccc(CNc2ccc(C3CC3C(=O)[O-])cc2)cc1)c1ccccc1.[Na+]. The number of aliphatic carboxylic acids is 1. The zero-order valence-corrected chi connectivity index (χ0v) is 20.9. The second-order valence-electron chi connectivity index (χ2n) is 7.76. The van der Waals surface area contributed by atoms with Crippen molar-refractivity contribution in [3.05, 3.63) is 95.6 Å². The number of rotatable bonds is 10. The Kier molecular flexibility index (Phi) is 8.95. The molecule has 0 spiro atoms. The van der Waals surface area contributed by atoms with E-state index in [4.69, 9.17) is 9.57 Å². The number of nitrogens with one attached hydrogen (secondary N) is 1. The first-order chi connectivity index (χ1) is 15.6. The average molecular weight is 452 g/mol. The molecule has 33 heavy (non-hydrogen) atoms. The zero-order chi connectivity index (χ0) is 22.3. The van der Waals surface area contributed by atoms with E-state index >= 15 is 0 Å². The van der Waals surface area contributed by atoms with Crippen LogP contribution >= 0.6 is 0 Å². The van der Waals surface area contributed by atoms with Gasteiger partial charge in [-0.15, -0.1) is 0 Å². The van der Waals surface area contributed by atoms with Crippen LogP contribution in [0.15, 0.2) is 84.0 Å². The van der Waals surface area contributed by atoms with Crippen molar-refractivity contribution >= 4 is 17.4 Å². The van der Waals surface area contributed by atoms with Crippen molar-refractivity contribution in [1.82, 2.24) is 0 Å². The first kappa shape index (κ1) is 24.8. The Bertz CT molecular complexity index is 1070. The summed E-state index contributed by atoms with van der Waals surface area (Å²) in [5.74, 6) is -0.436. The molecule has 1 aliphatic carbocycles. The largest absolute Gasteiger partial charge is 1.00 e. The van der Waals surface area contributed by atoms with Gasteiger partial charge >= 0.3 is 29.6 Å². The molecule has 1 fully saturated rings. The second kappa shape index (κ2) is 11.9. The maximum absolute atomic E-state index is 10.9. The molecule has 0 bridgehead atoms. The number of hydrogen-bond donors (Lipinski definition) is 1. The van der Waals surface area contributed by atoms with Crippen LogP contribution in [0.5, 0.6) is 5.75 Å². The number of carbonyl (C=O) groups is 1. The number of ether oxygens (including phenoxy) is 1. The Labute approximate surface area is 215 Å². The Morgan fingerprint density at radius 2 is 1.73 bits per heavy atom. The van der Waals surface area contributed by atoms with Gasteiger partial charge in [0.1, 0.15) is 25.2 Å². The summed E-state index contributed by atoms with van der Waals surface area (Å²) in [4.78, 5) is 15.9. The Hall–Kier alpha value is -2.80. The molecule has 1 N–H and O–H groups in total. The smallest absolute Gasteiger partial charge is 0.550 e. The molecule has 2 atom stereocenters. The summed E-state index contributed by atoms with van der Waals surface area (Å²) in [5, 5.41) is 18.4. The zero-order valence-electron chi connectivity index (χ0n) is 18.9. The first-order valence-corrected chi connectivity index (χ1v) is 10.6. The van der Waals surface area contributed by atoms with Crippen molar-refractivity contribution in [1.29, 1.82) is 0 Å². The molecule has 0 radical (unpaired) electrons. The second-order valence-corrected chi connectivity index (χ2v) is 7.76. The van der Waals surface area contributed by atoms with Crippen LogP contribution in [0.4, 0.5) is 5.69 Å². The van der Waals surface area contributed by atoms with E-state index in [9.17, 15) is 9.90 Å². The maximum atomic E-state index is 10.9.